The zero-order valence-corrected chi connectivity index (χ0v) is 14.9. The fourth-order valence-corrected chi connectivity index (χ4v) is 3.87. The third kappa shape index (κ3) is 4.12. The molecule has 0 saturated heterocycles. The van der Waals surface area contributed by atoms with E-state index in [1.54, 1.807) is 11.3 Å². The number of nitrogens with one attached hydrogen (secondary N) is 1. The molecule has 1 heterocycles. The van der Waals surface area contributed by atoms with Gasteiger partial charge >= 0.3 is 0 Å². The summed E-state index contributed by atoms with van der Waals surface area (Å²) in [6.07, 6.45) is 0. The quantitative estimate of drug-likeness (QED) is 0.640. The first-order chi connectivity index (χ1) is 9.10. The molecule has 6 heteroatoms. The summed E-state index contributed by atoms with van der Waals surface area (Å²) in [6.45, 7) is 3.33. The van der Waals surface area contributed by atoms with E-state index in [0.717, 1.165) is 26.2 Å². The van der Waals surface area contributed by atoms with Crippen LogP contribution in [-0.2, 0) is 6.54 Å². The Hall–Kier alpha value is -0.230. The van der Waals surface area contributed by atoms with Gasteiger partial charge in [0.1, 0.15) is 5.75 Å². The highest BCUT2D eigenvalue weighted by Gasteiger charge is 2.07. The molecule has 2 nitrogen and oxygen atoms in total. The highest BCUT2D eigenvalue weighted by atomic mass is 79.9. The van der Waals surface area contributed by atoms with Gasteiger partial charge < -0.3 is 10.1 Å². The highest BCUT2D eigenvalue weighted by Crippen LogP contribution is 2.34. The maximum absolute atomic E-state index is 6.02. The topological polar surface area (TPSA) is 21.3 Å². The minimum atomic E-state index is 0.631. The van der Waals surface area contributed by atoms with E-state index < -0.39 is 0 Å². The van der Waals surface area contributed by atoms with Gasteiger partial charge in [-0.3, -0.25) is 0 Å². The molecule has 0 bridgehead atoms. The number of hydrogen-bond donors (Lipinski definition) is 1. The molecular formula is C13H12Br2ClNOS. The molecule has 0 amide bonds. The number of halogens is 3. The van der Waals surface area contributed by atoms with E-state index in [4.69, 9.17) is 16.3 Å². The predicted molar refractivity (Wildman–Crippen MR) is 89.7 cm³/mol. The molecule has 102 valence electrons. The van der Waals surface area contributed by atoms with E-state index in [0.29, 0.717) is 11.6 Å². The Morgan fingerprint density at radius 1 is 1.32 bits per heavy atom. The van der Waals surface area contributed by atoms with E-state index >= 15 is 0 Å². The van der Waals surface area contributed by atoms with Gasteiger partial charge in [-0.05, 0) is 63.0 Å². The van der Waals surface area contributed by atoms with Crippen molar-refractivity contribution in [3.8, 4) is 5.75 Å². The van der Waals surface area contributed by atoms with Crippen molar-refractivity contribution in [3.63, 3.8) is 0 Å². The molecule has 0 unspecified atom stereocenters. The molecule has 1 N–H and O–H groups in total. The van der Waals surface area contributed by atoms with Crippen LogP contribution in [0.2, 0.25) is 5.02 Å². The molecule has 0 saturated carbocycles. The molecule has 19 heavy (non-hydrogen) atoms. The van der Waals surface area contributed by atoms with Crippen LogP contribution in [0.4, 0.5) is 5.69 Å². The summed E-state index contributed by atoms with van der Waals surface area (Å²) in [7, 11) is 0. The first-order valence-electron chi connectivity index (χ1n) is 5.70. The molecule has 0 aliphatic heterocycles. The van der Waals surface area contributed by atoms with Gasteiger partial charge in [0.15, 0.2) is 0 Å². The number of ether oxygens (including phenoxy) is 1. The molecule has 2 aromatic rings. The van der Waals surface area contributed by atoms with E-state index in [-0.39, 0.29) is 0 Å². The van der Waals surface area contributed by atoms with Crippen LogP contribution in [0.5, 0.6) is 5.75 Å². The van der Waals surface area contributed by atoms with Crippen molar-refractivity contribution >= 4 is 60.5 Å². The monoisotopic (exact) mass is 423 g/mol. The van der Waals surface area contributed by atoms with Gasteiger partial charge in [0, 0.05) is 20.9 Å². The SMILES string of the molecule is CCOc1ccc(Cl)cc1NCc1cc(Br)c(Br)s1. The van der Waals surface area contributed by atoms with E-state index in [9.17, 15) is 0 Å². The Bertz CT molecular complexity index is 554. The van der Waals surface area contributed by atoms with Crippen LogP contribution in [0, 0.1) is 0 Å². The molecule has 0 atom stereocenters. The summed E-state index contributed by atoms with van der Waals surface area (Å²) in [6, 6.07) is 7.68. The lowest BCUT2D eigenvalue weighted by Gasteiger charge is -2.12. The highest BCUT2D eigenvalue weighted by molar-refractivity contribution is 9.13. The first kappa shape index (κ1) is 15.2. The Morgan fingerprint density at radius 2 is 2.11 bits per heavy atom. The molecule has 0 aliphatic carbocycles. The van der Waals surface area contributed by atoms with Crippen LogP contribution >= 0.6 is 54.8 Å². The number of thiophene rings is 1. The lowest BCUT2D eigenvalue weighted by atomic mass is 10.3. The van der Waals surface area contributed by atoms with Crippen molar-refractivity contribution in [2.45, 2.75) is 13.5 Å². The normalized spacial score (nSPS) is 10.5. The van der Waals surface area contributed by atoms with Gasteiger partial charge in [-0.15, -0.1) is 11.3 Å². The summed E-state index contributed by atoms with van der Waals surface area (Å²) in [4.78, 5) is 1.22. The van der Waals surface area contributed by atoms with Gasteiger partial charge in [0.25, 0.3) is 0 Å². The average Bonchev–Trinajstić information content (AvgIpc) is 2.69. The molecular weight excluding hydrogens is 413 g/mol. The smallest absolute Gasteiger partial charge is 0.142 e. The van der Waals surface area contributed by atoms with Crippen LogP contribution in [-0.4, -0.2) is 6.61 Å². The minimum Gasteiger partial charge on any atom is -0.492 e. The van der Waals surface area contributed by atoms with Crippen LogP contribution in [0.1, 0.15) is 11.8 Å². The molecule has 0 spiro atoms. The summed E-state index contributed by atoms with van der Waals surface area (Å²) in [5.74, 6) is 0.821. The van der Waals surface area contributed by atoms with Gasteiger partial charge in [-0.1, -0.05) is 11.6 Å². The Labute approximate surface area is 138 Å². The third-order valence-electron chi connectivity index (χ3n) is 2.39. The maximum Gasteiger partial charge on any atom is 0.142 e. The van der Waals surface area contributed by atoms with Crippen LogP contribution in [0.3, 0.4) is 0 Å². The van der Waals surface area contributed by atoms with Crippen LogP contribution in [0.25, 0.3) is 0 Å². The Morgan fingerprint density at radius 3 is 2.74 bits per heavy atom. The van der Waals surface area contributed by atoms with Gasteiger partial charge in [0.05, 0.1) is 16.1 Å². The van der Waals surface area contributed by atoms with E-state index in [1.165, 1.54) is 4.88 Å². The van der Waals surface area contributed by atoms with Crippen molar-refractivity contribution in [2.75, 3.05) is 11.9 Å². The van der Waals surface area contributed by atoms with E-state index in [1.807, 2.05) is 25.1 Å². The second-order valence-corrected chi connectivity index (χ2v) is 7.51. The average molecular weight is 426 g/mol. The standard InChI is InChI=1S/C13H12Br2ClNOS/c1-2-18-12-4-3-8(16)5-11(12)17-7-9-6-10(14)13(15)19-9/h3-6,17H,2,7H2,1H3. The van der Waals surface area contributed by atoms with Gasteiger partial charge in [-0.25, -0.2) is 0 Å². The van der Waals surface area contributed by atoms with Crippen molar-refractivity contribution in [3.05, 3.63) is 42.4 Å². The molecule has 0 radical (unpaired) electrons. The predicted octanol–water partition coefficient (Wildman–Crippen LogP) is 5.94. The van der Waals surface area contributed by atoms with Crippen LogP contribution < -0.4 is 10.1 Å². The molecule has 2 rings (SSSR count). The zero-order valence-electron chi connectivity index (χ0n) is 10.2. The summed E-state index contributed by atoms with van der Waals surface area (Å²) in [5.41, 5.74) is 0.912. The molecule has 0 aliphatic rings. The lowest BCUT2D eigenvalue weighted by Crippen LogP contribution is -2.01. The van der Waals surface area contributed by atoms with Crippen LogP contribution in [0.15, 0.2) is 32.5 Å². The molecule has 1 aromatic carbocycles. The summed E-state index contributed by atoms with van der Waals surface area (Å²) < 4.78 is 7.75. The third-order valence-corrected chi connectivity index (χ3v) is 5.88. The summed E-state index contributed by atoms with van der Waals surface area (Å²) in [5, 5.41) is 4.05. The van der Waals surface area contributed by atoms with Crippen molar-refractivity contribution in [1.29, 1.82) is 0 Å². The second kappa shape index (κ2) is 6.97. The van der Waals surface area contributed by atoms with Gasteiger partial charge in [0.2, 0.25) is 0 Å². The molecule has 1 aromatic heterocycles. The molecule has 0 fully saturated rings. The fraction of sp³-hybridized carbons (Fsp3) is 0.231. The number of rotatable bonds is 5. The van der Waals surface area contributed by atoms with Crippen molar-refractivity contribution < 1.29 is 4.74 Å². The van der Waals surface area contributed by atoms with E-state index in [2.05, 4.69) is 43.2 Å². The Balaban J connectivity index is 2.11. The van der Waals surface area contributed by atoms with Crippen molar-refractivity contribution in [1.82, 2.24) is 0 Å². The first-order valence-corrected chi connectivity index (χ1v) is 8.48. The van der Waals surface area contributed by atoms with Crippen molar-refractivity contribution in [2.24, 2.45) is 0 Å². The Kier molecular flexibility index (Phi) is 5.57. The number of anilines is 1. The fourth-order valence-electron chi connectivity index (χ4n) is 1.58. The lowest BCUT2D eigenvalue weighted by molar-refractivity contribution is 0.341. The maximum atomic E-state index is 6.02. The zero-order chi connectivity index (χ0) is 13.8. The number of hydrogen-bond acceptors (Lipinski definition) is 3. The number of benzene rings is 1. The minimum absolute atomic E-state index is 0.631. The largest absolute Gasteiger partial charge is 0.492 e. The summed E-state index contributed by atoms with van der Waals surface area (Å²) >= 11 is 14.7. The second-order valence-electron chi connectivity index (χ2n) is 3.76. The van der Waals surface area contributed by atoms with Gasteiger partial charge in [-0.2, -0.15) is 0 Å².